The van der Waals surface area contributed by atoms with Crippen molar-refractivity contribution in [3.05, 3.63) is 35.9 Å². The smallest absolute Gasteiger partial charge is 0.226 e. The Morgan fingerprint density at radius 1 is 1.29 bits per heavy atom. The molecule has 2 rings (SSSR count). The van der Waals surface area contributed by atoms with Crippen LogP contribution < -0.4 is 10.6 Å². The molecule has 2 aromatic rings. The summed E-state index contributed by atoms with van der Waals surface area (Å²) in [7, 11) is 0. The maximum Gasteiger partial charge on any atom is 0.226 e. The van der Waals surface area contributed by atoms with Crippen molar-refractivity contribution in [2.24, 2.45) is 4.99 Å². The van der Waals surface area contributed by atoms with Gasteiger partial charge in [0.05, 0.1) is 6.26 Å². The maximum atomic E-state index is 5.32. The van der Waals surface area contributed by atoms with Crippen molar-refractivity contribution >= 4 is 5.96 Å². The van der Waals surface area contributed by atoms with Gasteiger partial charge in [-0.05, 0) is 25.5 Å². The van der Waals surface area contributed by atoms with Crippen molar-refractivity contribution in [2.45, 2.75) is 46.0 Å². The van der Waals surface area contributed by atoms with Crippen molar-refractivity contribution in [3.8, 4) is 0 Å². The predicted molar refractivity (Wildman–Crippen MR) is 93.1 cm³/mol. The van der Waals surface area contributed by atoms with Gasteiger partial charge >= 0.3 is 0 Å². The number of nitrogens with one attached hydrogen (secondary N) is 2. The predicted octanol–water partition coefficient (Wildman–Crippen LogP) is 2.52. The van der Waals surface area contributed by atoms with Crippen molar-refractivity contribution in [2.75, 3.05) is 19.6 Å². The van der Waals surface area contributed by atoms with E-state index < -0.39 is 0 Å². The average molecular weight is 333 g/mol. The first-order chi connectivity index (χ1) is 11.7. The molecular formula is C17H27N5O2. The highest BCUT2D eigenvalue weighted by Gasteiger charge is 2.09. The molecule has 0 amide bonds. The number of aliphatic imine (C=N–C) groups is 1. The van der Waals surface area contributed by atoms with Crippen LogP contribution in [0.15, 0.2) is 32.3 Å². The lowest BCUT2D eigenvalue weighted by Crippen LogP contribution is -2.38. The van der Waals surface area contributed by atoms with E-state index in [1.54, 1.807) is 6.26 Å². The molecule has 7 nitrogen and oxygen atoms in total. The second-order valence-electron chi connectivity index (χ2n) is 5.82. The lowest BCUT2D eigenvalue weighted by Gasteiger charge is -2.10. The minimum absolute atomic E-state index is 0.291. The first-order valence-corrected chi connectivity index (χ1v) is 8.56. The van der Waals surface area contributed by atoms with Gasteiger partial charge in [-0.3, -0.25) is 4.99 Å². The van der Waals surface area contributed by atoms with Gasteiger partial charge in [0, 0.05) is 38.4 Å². The van der Waals surface area contributed by atoms with Gasteiger partial charge < -0.3 is 19.6 Å². The second-order valence-corrected chi connectivity index (χ2v) is 5.82. The molecule has 0 aliphatic heterocycles. The van der Waals surface area contributed by atoms with Gasteiger partial charge in [0.2, 0.25) is 5.89 Å². The topological polar surface area (TPSA) is 88.5 Å². The molecule has 132 valence electrons. The number of aryl methyl sites for hydroxylation is 1. The molecule has 0 spiro atoms. The molecule has 0 bridgehead atoms. The highest BCUT2D eigenvalue weighted by Crippen LogP contribution is 2.10. The van der Waals surface area contributed by atoms with Gasteiger partial charge in [-0.1, -0.05) is 19.0 Å². The molecule has 2 N–H and O–H groups in total. The number of nitrogens with zero attached hydrogens (tertiary/aromatic N) is 3. The lowest BCUT2D eigenvalue weighted by atomic mass is 10.2. The third-order valence-corrected chi connectivity index (χ3v) is 3.41. The van der Waals surface area contributed by atoms with Gasteiger partial charge in [0.15, 0.2) is 11.8 Å². The Balaban J connectivity index is 1.71. The van der Waals surface area contributed by atoms with Crippen molar-refractivity contribution < 1.29 is 8.94 Å². The van der Waals surface area contributed by atoms with Gasteiger partial charge in [-0.15, -0.1) is 0 Å². The van der Waals surface area contributed by atoms with Crippen LogP contribution in [0.2, 0.25) is 0 Å². The largest absolute Gasteiger partial charge is 0.469 e. The molecule has 24 heavy (non-hydrogen) atoms. The number of furan rings is 1. The fraction of sp³-hybridized carbons (Fsp3) is 0.588. The van der Waals surface area contributed by atoms with Crippen LogP contribution in [0.25, 0.3) is 0 Å². The average Bonchev–Trinajstić information content (AvgIpc) is 3.23. The molecule has 0 aromatic carbocycles. The van der Waals surface area contributed by atoms with Crippen LogP contribution in [-0.4, -0.2) is 35.7 Å². The van der Waals surface area contributed by atoms with Crippen molar-refractivity contribution in [1.82, 2.24) is 20.8 Å². The monoisotopic (exact) mass is 333 g/mol. The van der Waals surface area contributed by atoms with Crippen LogP contribution in [0.5, 0.6) is 0 Å². The molecule has 0 atom stereocenters. The fourth-order valence-corrected chi connectivity index (χ4v) is 2.13. The molecule has 0 aliphatic rings. The summed E-state index contributed by atoms with van der Waals surface area (Å²) in [6, 6.07) is 3.87. The van der Waals surface area contributed by atoms with E-state index in [0.717, 1.165) is 49.9 Å². The number of rotatable bonds is 9. The fourth-order valence-electron chi connectivity index (χ4n) is 2.13. The zero-order chi connectivity index (χ0) is 17.2. The molecule has 2 aromatic heterocycles. The van der Waals surface area contributed by atoms with E-state index >= 15 is 0 Å². The van der Waals surface area contributed by atoms with Crippen molar-refractivity contribution in [1.29, 1.82) is 0 Å². The van der Waals surface area contributed by atoms with E-state index in [4.69, 9.17) is 8.94 Å². The summed E-state index contributed by atoms with van der Waals surface area (Å²) in [5.41, 5.74) is 0. The van der Waals surface area contributed by atoms with Crippen LogP contribution >= 0.6 is 0 Å². The van der Waals surface area contributed by atoms with Crippen molar-refractivity contribution in [3.63, 3.8) is 0 Å². The van der Waals surface area contributed by atoms with Crippen LogP contribution in [0, 0.1) is 0 Å². The van der Waals surface area contributed by atoms with Gasteiger partial charge in [0.1, 0.15) is 5.76 Å². The van der Waals surface area contributed by atoms with E-state index in [1.807, 2.05) is 12.1 Å². The minimum atomic E-state index is 0.291. The second kappa shape index (κ2) is 9.75. The molecule has 0 radical (unpaired) electrons. The summed E-state index contributed by atoms with van der Waals surface area (Å²) in [6.45, 7) is 8.46. The Morgan fingerprint density at radius 3 is 2.83 bits per heavy atom. The van der Waals surface area contributed by atoms with Crippen LogP contribution in [0.4, 0.5) is 0 Å². The number of aromatic nitrogens is 2. The summed E-state index contributed by atoms with van der Waals surface area (Å²) < 4.78 is 10.6. The van der Waals surface area contributed by atoms with Gasteiger partial charge in [0.25, 0.3) is 0 Å². The van der Waals surface area contributed by atoms with Gasteiger partial charge in [-0.2, -0.15) is 4.98 Å². The molecule has 2 heterocycles. The Morgan fingerprint density at radius 2 is 2.17 bits per heavy atom. The quantitative estimate of drug-likeness (QED) is 0.416. The molecule has 0 fully saturated rings. The SMILES string of the molecule is CCNC(=NCCCc1nc(C(C)C)no1)NCCc1ccco1. The van der Waals surface area contributed by atoms with Crippen LogP contribution in [0.1, 0.15) is 50.6 Å². The molecule has 0 saturated heterocycles. The first-order valence-electron chi connectivity index (χ1n) is 8.56. The summed E-state index contributed by atoms with van der Waals surface area (Å²) in [6.07, 6.45) is 4.14. The Labute approximate surface area is 142 Å². The molecule has 0 saturated carbocycles. The molecular weight excluding hydrogens is 306 g/mol. The lowest BCUT2D eigenvalue weighted by molar-refractivity contribution is 0.369. The van der Waals surface area contributed by atoms with Crippen LogP contribution in [0.3, 0.4) is 0 Å². The van der Waals surface area contributed by atoms with E-state index in [-0.39, 0.29) is 0 Å². The third kappa shape index (κ3) is 6.06. The Hall–Kier alpha value is -2.31. The highest BCUT2D eigenvalue weighted by molar-refractivity contribution is 5.79. The van der Waals surface area contributed by atoms with E-state index in [0.29, 0.717) is 18.4 Å². The first kappa shape index (κ1) is 18.0. The molecule has 7 heteroatoms. The Kier molecular flexibility index (Phi) is 7.32. The normalized spacial score (nSPS) is 11.9. The zero-order valence-corrected chi connectivity index (χ0v) is 14.7. The van der Waals surface area contributed by atoms with Crippen LogP contribution in [-0.2, 0) is 12.8 Å². The molecule has 0 unspecified atom stereocenters. The number of hydrogen-bond donors (Lipinski definition) is 2. The standard InChI is InChI=1S/C17H27N5O2/c1-4-18-17(20-11-9-14-7-6-12-23-14)19-10-5-8-15-21-16(13(2)3)22-24-15/h6-7,12-13H,4-5,8-11H2,1-3H3,(H2,18,19,20). The summed E-state index contributed by atoms with van der Waals surface area (Å²) >= 11 is 0. The summed E-state index contributed by atoms with van der Waals surface area (Å²) in [4.78, 5) is 8.94. The van der Waals surface area contributed by atoms with E-state index in [1.165, 1.54) is 0 Å². The third-order valence-electron chi connectivity index (χ3n) is 3.41. The minimum Gasteiger partial charge on any atom is -0.469 e. The van der Waals surface area contributed by atoms with E-state index in [9.17, 15) is 0 Å². The highest BCUT2D eigenvalue weighted by atomic mass is 16.5. The summed E-state index contributed by atoms with van der Waals surface area (Å²) in [5, 5.41) is 10.5. The van der Waals surface area contributed by atoms with Gasteiger partial charge in [-0.25, -0.2) is 0 Å². The maximum absolute atomic E-state index is 5.32. The summed E-state index contributed by atoms with van der Waals surface area (Å²) in [5.74, 6) is 3.53. The zero-order valence-electron chi connectivity index (χ0n) is 14.7. The Bertz CT molecular complexity index is 604. The molecule has 0 aliphatic carbocycles. The van der Waals surface area contributed by atoms with E-state index in [2.05, 4.69) is 46.5 Å². The number of guanidine groups is 1. The number of hydrogen-bond acceptors (Lipinski definition) is 5.